The van der Waals surface area contributed by atoms with E-state index in [2.05, 4.69) is 45.6 Å². The second-order valence-corrected chi connectivity index (χ2v) is 8.65. The molecule has 0 saturated heterocycles. The summed E-state index contributed by atoms with van der Waals surface area (Å²) in [4.78, 5) is 19.5. The van der Waals surface area contributed by atoms with Gasteiger partial charge in [-0.15, -0.1) is 11.3 Å². The van der Waals surface area contributed by atoms with Crippen LogP contribution in [-0.4, -0.2) is 15.3 Å². The molecular formula is C24H19N3OS. The number of aromatic nitrogens is 2. The largest absolute Gasteiger partial charge is 0.329 e. The number of fused-ring (bicyclic) bond motifs is 3. The number of imidazole rings is 1. The van der Waals surface area contributed by atoms with Gasteiger partial charge in [-0.25, -0.2) is 4.98 Å². The lowest BCUT2D eigenvalue weighted by Crippen LogP contribution is -2.32. The Kier molecular flexibility index (Phi) is 3.71. The van der Waals surface area contributed by atoms with Crippen molar-refractivity contribution in [2.45, 2.75) is 24.8 Å². The number of carbonyl (C=O) groups excluding carboxylic acids is 1. The quantitative estimate of drug-likeness (QED) is 0.485. The average Bonchev–Trinajstić information content (AvgIpc) is 3.40. The van der Waals surface area contributed by atoms with E-state index in [-0.39, 0.29) is 17.7 Å². The summed E-state index contributed by atoms with van der Waals surface area (Å²) >= 11 is 1.70. The molecule has 2 aromatic heterocycles. The van der Waals surface area contributed by atoms with Gasteiger partial charge in [0.25, 0.3) is 0 Å². The highest BCUT2D eigenvalue weighted by Crippen LogP contribution is 2.46. The highest BCUT2D eigenvalue weighted by molar-refractivity contribution is 7.10. The van der Waals surface area contributed by atoms with Crippen LogP contribution in [0.25, 0.3) is 11.0 Å². The third-order valence-electron chi connectivity index (χ3n) is 5.98. The Bertz CT molecular complexity index is 1250. The Labute approximate surface area is 172 Å². The number of benzene rings is 2. The van der Waals surface area contributed by atoms with Gasteiger partial charge >= 0.3 is 0 Å². The maximum atomic E-state index is 13.5. The van der Waals surface area contributed by atoms with E-state index in [1.807, 2.05) is 36.4 Å². The summed E-state index contributed by atoms with van der Waals surface area (Å²) < 4.78 is 2.20. The topological polar surface area (TPSA) is 46.9 Å². The van der Waals surface area contributed by atoms with Gasteiger partial charge in [-0.1, -0.05) is 48.5 Å². The highest BCUT2D eigenvalue weighted by Gasteiger charge is 2.39. The molecule has 0 amide bonds. The van der Waals surface area contributed by atoms with Crippen LogP contribution < -0.4 is 5.32 Å². The molecule has 4 aromatic rings. The van der Waals surface area contributed by atoms with Crippen molar-refractivity contribution in [1.29, 1.82) is 0 Å². The highest BCUT2D eigenvalue weighted by atomic mass is 32.1. The number of nitrogens with zero attached hydrogens (tertiary/aromatic N) is 2. The number of nitrogens with one attached hydrogen (secondary N) is 1. The summed E-state index contributed by atoms with van der Waals surface area (Å²) in [6.45, 7) is 0. The van der Waals surface area contributed by atoms with Crippen molar-refractivity contribution in [2.24, 2.45) is 0 Å². The first-order valence-corrected chi connectivity index (χ1v) is 10.8. The number of carbonyl (C=O) groups is 1. The predicted molar refractivity (Wildman–Crippen MR) is 116 cm³/mol. The number of anilines is 1. The molecule has 0 fully saturated rings. The van der Waals surface area contributed by atoms with Crippen molar-refractivity contribution in [2.75, 3.05) is 5.32 Å². The van der Waals surface area contributed by atoms with Crippen LogP contribution in [0, 0.1) is 0 Å². The Hall–Kier alpha value is -3.18. The van der Waals surface area contributed by atoms with Gasteiger partial charge in [-0.05, 0) is 41.5 Å². The van der Waals surface area contributed by atoms with Crippen molar-refractivity contribution < 1.29 is 4.79 Å². The lowest BCUT2D eigenvalue weighted by molar-refractivity contribution is -0.116. The maximum Gasteiger partial charge on any atom is 0.209 e. The minimum absolute atomic E-state index is 0.113. The van der Waals surface area contributed by atoms with Crippen molar-refractivity contribution in [3.05, 3.63) is 93.8 Å². The molecule has 1 aliphatic carbocycles. The number of thiophene rings is 1. The average molecular weight is 398 g/mol. The zero-order chi connectivity index (χ0) is 19.4. The molecule has 1 N–H and O–H groups in total. The molecule has 4 nitrogen and oxygen atoms in total. The Morgan fingerprint density at radius 1 is 0.966 bits per heavy atom. The third-order valence-corrected chi connectivity index (χ3v) is 6.91. The molecule has 142 valence electrons. The first kappa shape index (κ1) is 16.7. The SMILES string of the molecule is O=C1C[C@@H](c2ccccc2)CC2=C1[C@@H](c1cccs1)n1c(nc3ccccc31)N2. The smallest absolute Gasteiger partial charge is 0.209 e. The summed E-state index contributed by atoms with van der Waals surface area (Å²) in [5.41, 5.74) is 5.15. The predicted octanol–water partition coefficient (Wildman–Crippen LogP) is 5.51. The van der Waals surface area contributed by atoms with Crippen LogP contribution in [0.4, 0.5) is 5.95 Å². The van der Waals surface area contributed by atoms with E-state index in [1.54, 1.807) is 11.3 Å². The van der Waals surface area contributed by atoms with Crippen LogP contribution in [0.1, 0.15) is 35.2 Å². The molecule has 6 rings (SSSR count). The molecule has 3 heterocycles. The Morgan fingerprint density at radius 3 is 2.62 bits per heavy atom. The fourth-order valence-corrected chi connectivity index (χ4v) is 5.53. The fourth-order valence-electron chi connectivity index (χ4n) is 4.70. The van der Waals surface area contributed by atoms with Crippen molar-refractivity contribution in [3.63, 3.8) is 0 Å². The van der Waals surface area contributed by atoms with Gasteiger partial charge in [-0.3, -0.25) is 9.36 Å². The van der Waals surface area contributed by atoms with Crippen molar-refractivity contribution in [3.8, 4) is 0 Å². The first-order valence-electron chi connectivity index (χ1n) is 9.88. The van der Waals surface area contributed by atoms with Crippen molar-refractivity contribution >= 4 is 34.1 Å². The van der Waals surface area contributed by atoms with Gasteiger partial charge in [0.05, 0.1) is 11.0 Å². The van der Waals surface area contributed by atoms with E-state index in [4.69, 9.17) is 4.98 Å². The van der Waals surface area contributed by atoms with Crippen molar-refractivity contribution in [1.82, 2.24) is 9.55 Å². The number of rotatable bonds is 2. The molecule has 0 bridgehead atoms. The second-order valence-electron chi connectivity index (χ2n) is 7.67. The summed E-state index contributed by atoms with van der Waals surface area (Å²) in [5, 5.41) is 5.61. The van der Waals surface area contributed by atoms with Gasteiger partial charge in [0.15, 0.2) is 5.78 Å². The molecule has 0 radical (unpaired) electrons. The lowest BCUT2D eigenvalue weighted by Gasteiger charge is -2.35. The van der Waals surface area contributed by atoms with Gasteiger partial charge in [0.2, 0.25) is 5.95 Å². The third kappa shape index (κ3) is 2.58. The monoisotopic (exact) mass is 397 g/mol. The molecule has 0 unspecified atom stereocenters. The van der Waals surface area contributed by atoms with Gasteiger partial charge in [-0.2, -0.15) is 0 Å². The van der Waals surface area contributed by atoms with E-state index >= 15 is 0 Å². The zero-order valence-electron chi connectivity index (χ0n) is 15.7. The van der Waals surface area contributed by atoms with E-state index in [1.165, 1.54) is 10.4 Å². The molecule has 29 heavy (non-hydrogen) atoms. The van der Waals surface area contributed by atoms with Crippen LogP contribution in [-0.2, 0) is 4.79 Å². The number of allylic oxidation sites excluding steroid dienone is 2. The van der Waals surface area contributed by atoms with E-state index in [0.29, 0.717) is 6.42 Å². The number of hydrogen-bond donors (Lipinski definition) is 1. The minimum Gasteiger partial charge on any atom is -0.329 e. The van der Waals surface area contributed by atoms with Crippen LogP contribution in [0.15, 0.2) is 83.4 Å². The molecule has 1 aliphatic heterocycles. The molecule has 5 heteroatoms. The second kappa shape index (κ2) is 6.42. The summed E-state index contributed by atoms with van der Waals surface area (Å²) in [6, 6.07) is 22.6. The van der Waals surface area contributed by atoms with Crippen LogP contribution in [0.5, 0.6) is 0 Å². The summed E-state index contributed by atoms with van der Waals surface area (Å²) in [6.07, 6.45) is 1.38. The Balaban J connectivity index is 1.53. The minimum atomic E-state index is -0.113. The van der Waals surface area contributed by atoms with E-state index < -0.39 is 0 Å². The Morgan fingerprint density at radius 2 is 1.79 bits per heavy atom. The zero-order valence-corrected chi connectivity index (χ0v) is 16.5. The number of para-hydroxylation sites is 2. The summed E-state index contributed by atoms with van der Waals surface area (Å²) in [5.74, 6) is 1.26. The molecule has 2 aliphatic rings. The standard InChI is InChI=1S/C24H19N3OS/c28-20-14-16(15-7-2-1-3-8-15)13-18-22(20)23(21-11-6-12-29-21)27-19-10-5-4-9-17(19)25-24(27)26-18/h1-12,16,23H,13-14H2,(H,25,26)/t16-,23+/m0/s1. The fraction of sp³-hybridized carbons (Fsp3) is 0.167. The molecule has 0 saturated carbocycles. The van der Waals surface area contributed by atoms with Crippen LogP contribution >= 0.6 is 11.3 Å². The first-order chi connectivity index (χ1) is 14.3. The number of hydrogen-bond acceptors (Lipinski definition) is 4. The van der Waals surface area contributed by atoms with Gasteiger partial charge in [0.1, 0.15) is 6.04 Å². The normalized spacial score (nSPS) is 21.0. The lowest BCUT2D eigenvalue weighted by atomic mass is 9.79. The molecule has 2 aromatic carbocycles. The molecular weight excluding hydrogens is 378 g/mol. The number of Topliss-reactive ketones (excluding diaryl/α,β-unsaturated/α-hetero) is 1. The van der Waals surface area contributed by atoms with Crippen LogP contribution in [0.3, 0.4) is 0 Å². The number of ketones is 1. The van der Waals surface area contributed by atoms with Crippen LogP contribution in [0.2, 0.25) is 0 Å². The maximum absolute atomic E-state index is 13.5. The van der Waals surface area contributed by atoms with E-state index in [9.17, 15) is 4.79 Å². The molecule has 2 atom stereocenters. The van der Waals surface area contributed by atoms with E-state index in [0.717, 1.165) is 34.7 Å². The molecule has 0 spiro atoms. The van der Waals surface area contributed by atoms with Gasteiger partial charge in [0, 0.05) is 22.6 Å². The van der Waals surface area contributed by atoms with Gasteiger partial charge < -0.3 is 5.32 Å². The summed E-state index contributed by atoms with van der Waals surface area (Å²) in [7, 11) is 0.